The van der Waals surface area contributed by atoms with Crippen molar-refractivity contribution in [2.24, 2.45) is 10.9 Å². The van der Waals surface area contributed by atoms with Crippen molar-refractivity contribution in [3.8, 4) is 0 Å². The molecule has 15 heteroatoms. The molecule has 206 valence electrons. The third kappa shape index (κ3) is 14.7. The van der Waals surface area contributed by atoms with Crippen LogP contribution in [0, 0.1) is 0 Å². The zero-order valence-electron chi connectivity index (χ0n) is 20.1. The van der Waals surface area contributed by atoms with Crippen LogP contribution in [0.1, 0.15) is 25.3 Å². The molecule has 6 N–H and O–H groups in total. The van der Waals surface area contributed by atoms with Gasteiger partial charge in [0.05, 0.1) is 6.61 Å². The number of thioether (sulfide) groups is 1. The van der Waals surface area contributed by atoms with E-state index in [0.29, 0.717) is 0 Å². The maximum absolute atomic E-state index is 12.4. The van der Waals surface area contributed by atoms with Gasteiger partial charge in [0, 0.05) is 17.9 Å². The number of amides is 2. The van der Waals surface area contributed by atoms with E-state index in [9.17, 15) is 24.0 Å². The standard InChI is InChI=1S/C22H30N4O9S.ClH/c1-2-34-22(33)17(26-35-11-14-6-4-3-5-7-14)13-36-12-16(20(30)24-10-19(28)29)25-18(27)9-8-15(23)21(31)32;/h3-7,15-16H,2,8-13,23H2,1H3,(H,24,30)(H,25,27)(H,28,29)(H,31,32);1H/b26-17-;. The van der Waals surface area contributed by atoms with Crippen LogP contribution in [0.5, 0.6) is 0 Å². The van der Waals surface area contributed by atoms with E-state index in [2.05, 4.69) is 15.8 Å². The number of oxime groups is 1. The lowest BCUT2D eigenvalue weighted by Crippen LogP contribution is -2.49. The third-order valence-corrected chi connectivity index (χ3v) is 5.39. The van der Waals surface area contributed by atoms with Crippen molar-refractivity contribution in [2.45, 2.75) is 38.5 Å². The fourth-order valence-electron chi connectivity index (χ4n) is 2.51. The van der Waals surface area contributed by atoms with Crippen LogP contribution in [0.15, 0.2) is 35.5 Å². The molecule has 13 nitrogen and oxygen atoms in total. The Kier molecular flexibility index (Phi) is 17.1. The van der Waals surface area contributed by atoms with Crippen LogP contribution in [0.2, 0.25) is 0 Å². The second-order valence-corrected chi connectivity index (χ2v) is 8.28. The lowest BCUT2D eigenvalue weighted by atomic mass is 10.1. The maximum atomic E-state index is 12.4. The number of nitrogens with two attached hydrogens (primary N) is 1. The van der Waals surface area contributed by atoms with Crippen molar-refractivity contribution >= 4 is 59.6 Å². The molecule has 0 aliphatic heterocycles. The Morgan fingerprint density at radius 2 is 1.81 bits per heavy atom. The van der Waals surface area contributed by atoms with Gasteiger partial charge in [-0.05, 0) is 18.9 Å². The van der Waals surface area contributed by atoms with Gasteiger partial charge in [0.1, 0.15) is 25.2 Å². The van der Waals surface area contributed by atoms with Gasteiger partial charge in [-0.3, -0.25) is 19.2 Å². The Balaban J connectivity index is 0.0000130. The minimum atomic E-state index is -1.28. The molecular weight excluding hydrogens is 532 g/mol. The fraction of sp³-hybridized carbons (Fsp3) is 0.455. The van der Waals surface area contributed by atoms with Gasteiger partial charge in [0.25, 0.3) is 0 Å². The van der Waals surface area contributed by atoms with Crippen molar-refractivity contribution in [3.05, 3.63) is 35.9 Å². The van der Waals surface area contributed by atoms with E-state index in [4.69, 9.17) is 25.5 Å². The Morgan fingerprint density at radius 1 is 1.14 bits per heavy atom. The molecule has 0 saturated heterocycles. The summed E-state index contributed by atoms with van der Waals surface area (Å²) in [5, 5.41) is 26.1. The van der Waals surface area contributed by atoms with Crippen LogP contribution in [0.3, 0.4) is 0 Å². The lowest BCUT2D eigenvalue weighted by molar-refractivity contribution is -0.139. The molecule has 37 heavy (non-hydrogen) atoms. The number of nitrogens with zero attached hydrogens (tertiary/aromatic N) is 1. The summed E-state index contributed by atoms with van der Waals surface area (Å²) in [6, 6.07) is 6.71. The highest BCUT2D eigenvalue weighted by molar-refractivity contribution is 8.00. The van der Waals surface area contributed by atoms with Gasteiger partial charge in [-0.25, -0.2) is 4.79 Å². The van der Waals surface area contributed by atoms with Gasteiger partial charge in [0.15, 0.2) is 5.71 Å². The number of carboxylic acids is 2. The Labute approximate surface area is 223 Å². The van der Waals surface area contributed by atoms with E-state index >= 15 is 0 Å². The first kappa shape index (κ1) is 33.6. The van der Waals surface area contributed by atoms with Gasteiger partial charge in [-0.15, -0.1) is 12.4 Å². The van der Waals surface area contributed by atoms with E-state index in [1.54, 1.807) is 6.92 Å². The number of hydrogen-bond acceptors (Lipinski definition) is 10. The molecule has 0 spiro atoms. The lowest BCUT2D eigenvalue weighted by Gasteiger charge is -2.18. The second-order valence-electron chi connectivity index (χ2n) is 7.25. The largest absolute Gasteiger partial charge is 0.480 e. The van der Waals surface area contributed by atoms with Gasteiger partial charge in [-0.2, -0.15) is 11.8 Å². The quantitative estimate of drug-likeness (QED) is 0.0980. The molecule has 2 atom stereocenters. The number of halogens is 1. The first-order valence-electron chi connectivity index (χ1n) is 10.9. The Hall–Kier alpha value is -3.36. The predicted molar refractivity (Wildman–Crippen MR) is 137 cm³/mol. The zero-order chi connectivity index (χ0) is 26.9. The molecule has 0 aliphatic carbocycles. The van der Waals surface area contributed by atoms with Gasteiger partial charge < -0.3 is 36.2 Å². The normalized spacial score (nSPS) is 12.3. The monoisotopic (exact) mass is 562 g/mol. The number of rotatable bonds is 17. The summed E-state index contributed by atoms with van der Waals surface area (Å²) in [7, 11) is 0. The van der Waals surface area contributed by atoms with Crippen LogP contribution < -0.4 is 16.4 Å². The van der Waals surface area contributed by atoms with Crippen LogP contribution in [-0.2, 0) is 40.2 Å². The molecule has 1 rings (SSSR count). The highest BCUT2D eigenvalue weighted by Crippen LogP contribution is 2.08. The number of aliphatic carboxylic acids is 2. The van der Waals surface area contributed by atoms with Crippen LogP contribution in [0.4, 0.5) is 0 Å². The summed E-state index contributed by atoms with van der Waals surface area (Å²) in [5.41, 5.74) is 6.16. The molecular formula is C22H31ClN4O9S. The highest BCUT2D eigenvalue weighted by Gasteiger charge is 2.24. The summed E-state index contributed by atoms with van der Waals surface area (Å²) in [6.07, 6.45) is -0.417. The number of esters is 1. The topological polar surface area (TPSA) is 207 Å². The van der Waals surface area contributed by atoms with E-state index in [0.717, 1.165) is 17.3 Å². The number of ether oxygens (including phenoxy) is 1. The van der Waals surface area contributed by atoms with Crippen LogP contribution in [0.25, 0.3) is 0 Å². The van der Waals surface area contributed by atoms with Crippen LogP contribution in [-0.4, -0.2) is 82.4 Å². The van der Waals surface area contributed by atoms with Crippen molar-refractivity contribution in [3.63, 3.8) is 0 Å². The summed E-state index contributed by atoms with van der Waals surface area (Å²) in [6.45, 7) is 1.18. The molecule has 2 amide bonds. The zero-order valence-corrected chi connectivity index (χ0v) is 21.7. The van der Waals surface area contributed by atoms with E-state index in [-0.39, 0.29) is 55.7 Å². The average molecular weight is 563 g/mol. The first-order valence-corrected chi connectivity index (χ1v) is 12.0. The predicted octanol–water partition coefficient (Wildman–Crippen LogP) is 0.155. The third-order valence-electron chi connectivity index (χ3n) is 4.35. The molecule has 1 aromatic carbocycles. The number of carbonyl (C=O) groups excluding carboxylic acids is 3. The van der Waals surface area contributed by atoms with Gasteiger partial charge >= 0.3 is 17.9 Å². The number of benzene rings is 1. The second kappa shape index (κ2) is 18.8. The fourth-order valence-corrected chi connectivity index (χ4v) is 3.47. The molecule has 2 unspecified atom stereocenters. The van der Waals surface area contributed by atoms with E-state index in [1.165, 1.54) is 0 Å². The molecule has 0 heterocycles. The molecule has 0 saturated carbocycles. The van der Waals surface area contributed by atoms with Crippen molar-refractivity contribution in [1.82, 2.24) is 10.6 Å². The summed E-state index contributed by atoms with van der Waals surface area (Å²) in [4.78, 5) is 63.7. The number of nitrogens with one attached hydrogen (secondary N) is 2. The molecule has 0 fully saturated rings. The van der Waals surface area contributed by atoms with Gasteiger partial charge in [-0.1, -0.05) is 35.5 Å². The average Bonchev–Trinajstić information content (AvgIpc) is 2.84. The van der Waals surface area contributed by atoms with E-state index < -0.39 is 48.4 Å². The summed E-state index contributed by atoms with van der Waals surface area (Å²) in [5.74, 6) is -4.76. The minimum absolute atomic E-state index is 0. The smallest absolute Gasteiger partial charge is 0.356 e. The van der Waals surface area contributed by atoms with Crippen LogP contribution >= 0.6 is 24.2 Å². The Morgan fingerprint density at radius 3 is 2.41 bits per heavy atom. The van der Waals surface area contributed by atoms with E-state index in [1.807, 2.05) is 30.3 Å². The van der Waals surface area contributed by atoms with Crippen molar-refractivity contribution in [1.29, 1.82) is 0 Å². The minimum Gasteiger partial charge on any atom is -0.480 e. The number of carbonyl (C=O) groups is 5. The Bertz CT molecular complexity index is 934. The van der Waals surface area contributed by atoms with Crippen molar-refractivity contribution in [2.75, 3.05) is 24.7 Å². The highest BCUT2D eigenvalue weighted by atomic mass is 35.5. The summed E-state index contributed by atoms with van der Waals surface area (Å²) >= 11 is 1.05. The SMILES string of the molecule is CCOC(=O)/C(CSCC(NC(=O)CCC(N)C(=O)O)C(=O)NCC(=O)O)=N\OCc1ccccc1.Cl. The van der Waals surface area contributed by atoms with Gasteiger partial charge in [0.2, 0.25) is 11.8 Å². The summed E-state index contributed by atoms with van der Waals surface area (Å²) < 4.78 is 4.98. The molecule has 0 radical (unpaired) electrons. The number of hydrogen-bond donors (Lipinski definition) is 5. The molecule has 0 aliphatic rings. The molecule has 1 aromatic rings. The molecule has 0 aromatic heterocycles. The van der Waals surface area contributed by atoms with Crippen molar-refractivity contribution < 1.29 is 43.8 Å². The first-order chi connectivity index (χ1) is 17.1. The molecule has 0 bridgehead atoms. The maximum Gasteiger partial charge on any atom is 0.356 e. The number of carboxylic acid groups (broad SMARTS) is 2.